The van der Waals surface area contributed by atoms with Gasteiger partial charge in [-0.15, -0.1) is 10.2 Å². The van der Waals surface area contributed by atoms with Crippen molar-refractivity contribution < 1.29 is 4.79 Å². The van der Waals surface area contributed by atoms with E-state index in [9.17, 15) is 4.79 Å². The summed E-state index contributed by atoms with van der Waals surface area (Å²) in [6.07, 6.45) is 2.32. The number of nitrogens with zero attached hydrogens (tertiary/aromatic N) is 2. The molecule has 0 saturated carbocycles. The summed E-state index contributed by atoms with van der Waals surface area (Å²) in [5.41, 5.74) is 0.753. The quantitative estimate of drug-likeness (QED) is 0.803. The van der Waals surface area contributed by atoms with Crippen molar-refractivity contribution in [1.29, 1.82) is 0 Å². The fourth-order valence-corrected chi connectivity index (χ4v) is 2.03. The van der Waals surface area contributed by atoms with Gasteiger partial charge in [-0.1, -0.05) is 36.5 Å². The zero-order valence-corrected chi connectivity index (χ0v) is 13.6. The number of rotatable bonds is 6. The molecule has 0 saturated heterocycles. The summed E-state index contributed by atoms with van der Waals surface area (Å²) in [5.74, 6) is 0.923. The summed E-state index contributed by atoms with van der Waals surface area (Å²) < 4.78 is 0. The van der Waals surface area contributed by atoms with Gasteiger partial charge < -0.3 is 10.6 Å². The van der Waals surface area contributed by atoms with E-state index in [0.29, 0.717) is 28.1 Å². The predicted octanol–water partition coefficient (Wildman–Crippen LogP) is 4.66. The van der Waals surface area contributed by atoms with Gasteiger partial charge in [-0.05, 0) is 36.8 Å². The van der Waals surface area contributed by atoms with Crippen LogP contribution in [0.2, 0.25) is 10.0 Å². The fraction of sp³-hybridized carbons (Fsp3) is 0.267. The van der Waals surface area contributed by atoms with Crippen molar-refractivity contribution in [2.75, 3.05) is 10.6 Å². The number of amides is 1. The van der Waals surface area contributed by atoms with E-state index in [4.69, 9.17) is 23.2 Å². The molecule has 1 heterocycles. The lowest BCUT2D eigenvalue weighted by Gasteiger charge is -2.07. The molecule has 0 atom stereocenters. The molecule has 1 aromatic carbocycles. The molecule has 2 N–H and O–H groups in total. The third kappa shape index (κ3) is 4.86. The first kappa shape index (κ1) is 16.5. The Balaban J connectivity index is 1.96. The van der Waals surface area contributed by atoms with Crippen LogP contribution in [0.4, 0.5) is 17.3 Å². The maximum absolute atomic E-state index is 11.6. The van der Waals surface area contributed by atoms with Crippen LogP contribution < -0.4 is 10.6 Å². The molecule has 0 aliphatic carbocycles. The highest BCUT2D eigenvalue weighted by Crippen LogP contribution is 2.26. The van der Waals surface area contributed by atoms with E-state index in [2.05, 4.69) is 20.8 Å². The third-order valence-corrected chi connectivity index (χ3v) is 3.62. The molecule has 2 rings (SSSR count). The first-order valence-corrected chi connectivity index (χ1v) is 7.69. The van der Waals surface area contributed by atoms with Crippen LogP contribution >= 0.6 is 23.2 Å². The van der Waals surface area contributed by atoms with Crippen LogP contribution in [0, 0.1) is 0 Å². The first-order chi connectivity index (χ1) is 10.6. The molecule has 1 amide bonds. The van der Waals surface area contributed by atoms with Gasteiger partial charge in [-0.3, -0.25) is 4.79 Å². The van der Waals surface area contributed by atoms with Gasteiger partial charge in [-0.2, -0.15) is 0 Å². The Hall–Kier alpha value is -1.85. The second kappa shape index (κ2) is 7.96. The van der Waals surface area contributed by atoms with Crippen molar-refractivity contribution >= 4 is 46.4 Å². The summed E-state index contributed by atoms with van der Waals surface area (Å²) in [6, 6.07) is 8.60. The molecule has 0 aliphatic rings. The van der Waals surface area contributed by atoms with Crippen LogP contribution in [0.25, 0.3) is 0 Å². The number of carbonyl (C=O) groups is 1. The molecule has 0 unspecified atom stereocenters. The van der Waals surface area contributed by atoms with Crippen molar-refractivity contribution in [2.45, 2.75) is 26.2 Å². The lowest BCUT2D eigenvalue weighted by molar-refractivity contribution is -0.116. The minimum atomic E-state index is -0.0543. The Bertz CT molecular complexity index is 646. The van der Waals surface area contributed by atoms with Crippen molar-refractivity contribution in [3.8, 4) is 0 Å². The van der Waals surface area contributed by atoms with Crippen LogP contribution in [0.1, 0.15) is 26.2 Å². The van der Waals surface area contributed by atoms with Gasteiger partial charge in [0.05, 0.1) is 10.0 Å². The smallest absolute Gasteiger partial charge is 0.225 e. The Labute approximate surface area is 139 Å². The Kier molecular flexibility index (Phi) is 5.98. The van der Waals surface area contributed by atoms with E-state index in [0.717, 1.165) is 18.5 Å². The lowest BCUT2D eigenvalue weighted by Crippen LogP contribution is -2.12. The minimum absolute atomic E-state index is 0.0543. The number of aromatic nitrogens is 2. The van der Waals surface area contributed by atoms with Gasteiger partial charge in [0.25, 0.3) is 0 Å². The molecule has 2 aromatic rings. The molecule has 1 aromatic heterocycles. The molecule has 0 bridgehead atoms. The Morgan fingerprint density at radius 3 is 2.45 bits per heavy atom. The van der Waals surface area contributed by atoms with Crippen molar-refractivity contribution in [1.82, 2.24) is 10.2 Å². The Morgan fingerprint density at radius 2 is 1.82 bits per heavy atom. The van der Waals surface area contributed by atoms with E-state index in [1.54, 1.807) is 30.3 Å². The number of unbranched alkanes of at least 4 members (excludes halogenated alkanes) is 1. The summed E-state index contributed by atoms with van der Waals surface area (Å²) in [5, 5.41) is 14.7. The molecule has 7 heteroatoms. The van der Waals surface area contributed by atoms with Crippen LogP contribution in [-0.4, -0.2) is 16.1 Å². The number of hydrogen-bond donors (Lipinski definition) is 2. The number of benzene rings is 1. The zero-order chi connectivity index (χ0) is 15.9. The van der Waals surface area contributed by atoms with Crippen LogP contribution in [0.3, 0.4) is 0 Å². The summed E-state index contributed by atoms with van der Waals surface area (Å²) in [4.78, 5) is 11.6. The zero-order valence-electron chi connectivity index (χ0n) is 12.1. The molecule has 0 spiro atoms. The highest BCUT2D eigenvalue weighted by atomic mass is 35.5. The van der Waals surface area contributed by atoms with Crippen molar-refractivity contribution in [3.63, 3.8) is 0 Å². The van der Waals surface area contributed by atoms with E-state index in [1.165, 1.54) is 0 Å². The number of carbonyl (C=O) groups excluding carboxylic acids is 1. The average molecular weight is 339 g/mol. The highest BCUT2D eigenvalue weighted by Gasteiger charge is 2.05. The van der Waals surface area contributed by atoms with E-state index in [-0.39, 0.29) is 5.91 Å². The molecule has 0 fully saturated rings. The van der Waals surface area contributed by atoms with Gasteiger partial charge in [0, 0.05) is 12.1 Å². The summed E-state index contributed by atoms with van der Waals surface area (Å²) >= 11 is 11.8. The number of nitrogens with one attached hydrogen (secondary N) is 2. The van der Waals surface area contributed by atoms with Crippen molar-refractivity contribution in [2.24, 2.45) is 0 Å². The van der Waals surface area contributed by atoms with Gasteiger partial charge in [0.2, 0.25) is 5.91 Å². The van der Waals surface area contributed by atoms with Gasteiger partial charge in [0.1, 0.15) is 0 Å². The van der Waals surface area contributed by atoms with E-state index < -0.39 is 0 Å². The highest BCUT2D eigenvalue weighted by molar-refractivity contribution is 6.42. The number of halogens is 2. The maximum Gasteiger partial charge on any atom is 0.225 e. The second-order valence-corrected chi connectivity index (χ2v) is 5.52. The molecule has 116 valence electrons. The monoisotopic (exact) mass is 338 g/mol. The molecule has 0 radical (unpaired) electrons. The van der Waals surface area contributed by atoms with Crippen LogP contribution in [-0.2, 0) is 4.79 Å². The normalized spacial score (nSPS) is 10.3. The number of hydrogen-bond acceptors (Lipinski definition) is 4. The van der Waals surface area contributed by atoms with Crippen LogP contribution in [0.15, 0.2) is 30.3 Å². The maximum atomic E-state index is 11.6. The van der Waals surface area contributed by atoms with E-state index >= 15 is 0 Å². The third-order valence-electron chi connectivity index (χ3n) is 2.88. The minimum Gasteiger partial charge on any atom is -0.339 e. The summed E-state index contributed by atoms with van der Waals surface area (Å²) in [7, 11) is 0. The molecular weight excluding hydrogens is 323 g/mol. The van der Waals surface area contributed by atoms with Gasteiger partial charge in [0.15, 0.2) is 11.6 Å². The average Bonchev–Trinajstić information content (AvgIpc) is 2.51. The van der Waals surface area contributed by atoms with Crippen LogP contribution in [0.5, 0.6) is 0 Å². The largest absolute Gasteiger partial charge is 0.339 e. The van der Waals surface area contributed by atoms with E-state index in [1.807, 2.05) is 6.92 Å². The predicted molar refractivity (Wildman–Crippen MR) is 89.9 cm³/mol. The van der Waals surface area contributed by atoms with Gasteiger partial charge in [-0.25, -0.2) is 0 Å². The lowest BCUT2D eigenvalue weighted by atomic mass is 10.2. The van der Waals surface area contributed by atoms with Gasteiger partial charge >= 0.3 is 0 Å². The Morgan fingerprint density at radius 1 is 1.09 bits per heavy atom. The van der Waals surface area contributed by atoms with Crippen molar-refractivity contribution in [3.05, 3.63) is 40.4 Å². The summed E-state index contributed by atoms with van der Waals surface area (Å²) in [6.45, 7) is 2.04. The number of anilines is 3. The second-order valence-electron chi connectivity index (χ2n) is 4.71. The SMILES string of the molecule is CCCCC(=O)Nc1ccc(Nc2ccc(Cl)c(Cl)c2)nn1. The first-order valence-electron chi connectivity index (χ1n) is 6.94. The molecule has 5 nitrogen and oxygen atoms in total. The standard InChI is InChI=1S/C15H16Cl2N4O/c1-2-3-4-15(22)19-14-8-7-13(20-21-14)18-10-5-6-11(16)12(17)9-10/h5-9H,2-4H2,1H3,(H,18,20)(H,19,21,22). The fourth-order valence-electron chi connectivity index (χ4n) is 1.73. The molecular formula is C15H16Cl2N4O. The topological polar surface area (TPSA) is 66.9 Å². The molecule has 0 aliphatic heterocycles. The molecule has 22 heavy (non-hydrogen) atoms.